The molecule has 0 aromatic carbocycles. The van der Waals surface area contributed by atoms with E-state index in [4.69, 9.17) is 4.74 Å². The second kappa shape index (κ2) is 7.12. The molecule has 0 spiro atoms. The van der Waals surface area contributed by atoms with E-state index in [2.05, 4.69) is 9.47 Å². The second-order valence-electron chi connectivity index (χ2n) is 6.27. The van der Waals surface area contributed by atoms with E-state index in [9.17, 15) is 4.79 Å². The van der Waals surface area contributed by atoms with Crippen LogP contribution in [0.5, 0.6) is 0 Å². The molecule has 3 heterocycles. The molecule has 2 fully saturated rings. The summed E-state index contributed by atoms with van der Waals surface area (Å²) in [5, 5.41) is 0. The number of rotatable bonds is 4. The molecule has 2 aliphatic heterocycles. The average Bonchev–Trinajstić information content (AvgIpc) is 3.07. The maximum atomic E-state index is 12.6. The minimum Gasteiger partial charge on any atom is -0.381 e. The smallest absolute Gasteiger partial charge is 0.224 e. The van der Waals surface area contributed by atoms with Crippen LogP contribution in [-0.2, 0) is 16.1 Å². The van der Waals surface area contributed by atoms with E-state index in [1.807, 2.05) is 24.5 Å². The molecule has 1 amide bonds. The number of aryl methyl sites for hydroxylation is 1. The molecule has 4 nitrogen and oxygen atoms in total. The number of nitrogens with zero attached hydrogens (tertiary/aromatic N) is 2. The van der Waals surface area contributed by atoms with Crippen LogP contribution in [0.25, 0.3) is 0 Å². The fraction of sp³-hybridized carbons (Fsp3) is 0.706. The number of aromatic nitrogens is 1. The maximum absolute atomic E-state index is 12.6. The predicted octanol–water partition coefficient (Wildman–Crippen LogP) is 2.69. The molecule has 4 heteroatoms. The van der Waals surface area contributed by atoms with Gasteiger partial charge in [0.15, 0.2) is 0 Å². The zero-order valence-electron chi connectivity index (χ0n) is 12.7. The number of amides is 1. The van der Waals surface area contributed by atoms with Crippen LogP contribution in [0.4, 0.5) is 0 Å². The summed E-state index contributed by atoms with van der Waals surface area (Å²) < 4.78 is 7.56. The first kappa shape index (κ1) is 14.6. The van der Waals surface area contributed by atoms with E-state index >= 15 is 0 Å². The van der Waals surface area contributed by atoms with Gasteiger partial charge in [-0.2, -0.15) is 0 Å². The Labute approximate surface area is 127 Å². The Hall–Kier alpha value is -1.29. The monoisotopic (exact) mass is 290 g/mol. The number of ether oxygens (including phenoxy) is 1. The maximum Gasteiger partial charge on any atom is 0.224 e. The van der Waals surface area contributed by atoms with Crippen LogP contribution in [0, 0.1) is 5.92 Å². The number of hydrogen-bond donors (Lipinski definition) is 0. The Morgan fingerprint density at radius 3 is 2.62 bits per heavy atom. The lowest BCUT2D eigenvalue weighted by atomic mass is 9.85. The molecule has 116 valence electrons. The van der Waals surface area contributed by atoms with Crippen molar-refractivity contribution in [3.8, 4) is 0 Å². The first-order valence-electron chi connectivity index (χ1n) is 8.32. The van der Waals surface area contributed by atoms with Gasteiger partial charge in [0.2, 0.25) is 5.91 Å². The first-order chi connectivity index (χ1) is 10.3. The van der Waals surface area contributed by atoms with Crippen LogP contribution in [0.15, 0.2) is 24.5 Å². The van der Waals surface area contributed by atoms with Gasteiger partial charge in [-0.3, -0.25) is 4.79 Å². The van der Waals surface area contributed by atoms with Gasteiger partial charge in [-0.05, 0) is 50.2 Å². The van der Waals surface area contributed by atoms with Crippen molar-refractivity contribution in [2.45, 2.75) is 51.1 Å². The fourth-order valence-electron chi connectivity index (χ4n) is 3.75. The normalized spacial score (nSPS) is 24.2. The zero-order chi connectivity index (χ0) is 14.5. The number of carbonyl (C=O) groups is 1. The van der Waals surface area contributed by atoms with E-state index < -0.39 is 0 Å². The van der Waals surface area contributed by atoms with E-state index in [0.29, 0.717) is 24.3 Å². The molecule has 1 aromatic rings. The molecule has 1 atom stereocenters. The van der Waals surface area contributed by atoms with Crippen molar-refractivity contribution in [2.75, 3.05) is 19.8 Å². The number of hydrogen-bond acceptors (Lipinski definition) is 2. The summed E-state index contributed by atoms with van der Waals surface area (Å²) in [6.07, 6.45) is 10.5. The number of carbonyl (C=O) groups excluding carboxylic acids is 1. The molecule has 0 aliphatic carbocycles. The molecule has 2 aliphatic rings. The Balaban J connectivity index is 1.58. The highest BCUT2D eigenvalue weighted by atomic mass is 16.5. The predicted molar refractivity (Wildman–Crippen MR) is 81.9 cm³/mol. The van der Waals surface area contributed by atoms with Gasteiger partial charge < -0.3 is 14.2 Å². The standard InChI is InChI=1S/C17H26N2O2/c20-17(6-12-18-9-3-4-10-18)19-11-2-1-5-16(19)15-7-13-21-14-8-15/h3-4,9-10,15-16H,1-2,5-8,11-14H2. The van der Waals surface area contributed by atoms with Gasteiger partial charge in [0.25, 0.3) is 0 Å². The molecule has 1 aromatic heterocycles. The largest absolute Gasteiger partial charge is 0.381 e. The molecule has 3 rings (SSSR count). The highest BCUT2D eigenvalue weighted by molar-refractivity contribution is 5.76. The Kier molecular flexibility index (Phi) is 4.96. The van der Waals surface area contributed by atoms with Crippen LogP contribution in [0.2, 0.25) is 0 Å². The molecular weight excluding hydrogens is 264 g/mol. The van der Waals surface area contributed by atoms with Gasteiger partial charge in [-0.25, -0.2) is 0 Å². The van der Waals surface area contributed by atoms with Crippen LogP contribution < -0.4 is 0 Å². The van der Waals surface area contributed by atoms with Crippen molar-refractivity contribution in [1.82, 2.24) is 9.47 Å². The van der Waals surface area contributed by atoms with E-state index in [-0.39, 0.29) is 0 Å². The Morgan fingerprint density at radius 1 is 1.10 bits per heavy atom. The van der Waals surface area contributed by atoms with Crippen LogP contribution in [-0.4, -0.2) is 41.2 Å². The number of likely N-dealkylation sites (tertiary alicyclic amines) is 1. The Morgan fingerprint density at radius 2 is 1.86 bits per heavy atom. The molecule has 21 heavy (non-hydrogen) atoms. The molecular formula is C17H26N2O2. The minimum atomic E-state index is 0.333. The van der Waals surface area contributed by atoms with Crippen molar-refractivity contribution < 1.29 is 9.53 Å². The van der Waals surface area contributed by atoms with Crippen molar-refractivity contribution in [2.24, 2.45) is 5.92 Å². The van der Waals surface area contributed by atoms with Crippen LogP contribution >= 0.6 is 0 Å². The lowest BCUT2D eigenvalue weighted by Gasteiger charge is -2.42. The number of piperidine rings is 1. The molecule has 2 saturated heterocycles. The topological polar surface area (TPSA) is 34.5 Å². The van der Waals surface area contributed by atoms with Gasteiger partial charge in [-0.1, -0.05) is 0 Å². The third kappa shape index (κ3) is 3.67. The SMILES string of the molecule is O=C(CCn1cccc1)N1CCCCC1C1CCOCC1. The van der Waals surface area contributed by atoms with Crippen LogP contribution in [0.1, 0.15) is 38.5 Å². The third-order valence-corrected chi connectivity index (χ3v) is 4.93. The van der Waals surface area contributed by atoms with Gasteiger partial charge in [0.05, 0.1) is 0 Å². The first-order valence-corrected chi connectivity index (χ1v) is 8.32. The van der Waals surface area contributed by atoms with Gasteiger partial charge in [0, 0.05) is 51.2 Å². The highest BCUT2D eigenvalue weighted by Crippen LogP contribution is 2.30. The van der Waals surface area contributed by atoms with Crippen molar-refractivity contribution in [3.05, 3.63) is 24.5 Å². The summed E-state index contributed by atoms with van der Waals surface area (Å²) in [4.78, 5) is 14.8. The van der Waals surface area contributed by atoms with E-state index in [1.54, 1.807) is 0 Å². The summed E-state index contributed by atoms with van der Waals surface area (Å²) in [5.74, 6) is 0.981. The quantitative estimate of drug-likeness (QED) is 0.854. The van der Waals surface area contributed by atoms with Crippen molar-refractivity contribution in [1.29, 1.82) is 0 Å². The fourth-order valence-corrected chi connectivity index (χ4v) is 3.75. The summed E-state index contributed by atoms with van der Waals surface area (Å²) in [7, 11) is 0. The Bertz CT molecular complexity index is 438. The van der Waals surface area contributed by atoms with E-state index in [0.717, 1.165) is 45.6 Å². The molecule has 0 saturated carbocycles. The summed E-state index contributed by atoms with van der Waals surface area (Å²) >= 11 is 0. The molecule has 0 radical (unpaired) electrons. The summed E-state index contributed by atoms with van der Waals surface area (Å²) in [6, 6.07) is 4.48. The van der Waals surface area contributed by atoms with Crippen LogP contribution in [0.3, 0.4) is 0 Å². The van der Waals surface area contributed by atoms with Gasteiger partial charge in [0.1, 0.15) is 0 Å². The molecule has 0 N–H and O–H groups in total. The van der Waals surface area contributed by atoms with Gasteiger partial charge in [-0.15, -0.1) is 0 Å². The minimum absolute atomic E-state index is 0.333. The third-order valence-electron chi connectivity index (χ3n) is 4.93. The molecule has 1 unspecified atom stereocenters. The van der Waals surface area contributed by atoms with Crippen molar-refractivity contribution in [3.63, 3.8) is 0 Å². The highest BCUT2D eigenvalue weighted by Gasteiger charge is 2.33. The summed E-state index contributed by atoms with van der Waals surface area (Å²) in [5.41, 5.74) is 0. The lowest BCUT2D eigenvalue weighted by molar-refractivity contribution is -0.137. The second-order valence-corrected chi connectivity index (χ2v) is 6.27. The molecule has 0 bridgehead atoms. The van der Waals surface area contributed by atoms with Gasteiger partial charge >= 0.3 is 0 Å². The zero-order valence-corrected chi connectivity index (χ0v) is 12.7. The van der Waals surface area contributed by atoms with Crippen molar-refractivity contribution >= 4 is 5.91 Å². The van der Waals surface area contributed by atoms with E-state index in [1.165, 1.54) is 12.8 Å². The summed E-state index contributed by atoms with van der Waals surface area (Å²) in [6.45, 7) is 3.48. The average molecular weight is 290 g/mol. The lowest BCUT2D eigenvalue weighted by Crippen LogP contribution is -2.48.